The highest BCUT2D eigenvalue weighted by Gasteiger charge is 2.32. The van der Waals surface area contributed by atoms with Crippen molar-refractivity contribution in [1.82, 2.24) is 4.90 Å². The Bertz CT molecular complexity index is 1290. The molecule has 0 aromatic heterocycles. The lowest BCUT2D eigenvalue weighted by Crippen LogP contribution is -2.37. The first-order chi connectivity index (χ1) is 18.6. The maximum Gasteiger partial charge on any atom is 0.184 e. The van der Waals surface area contributed by atoms with Crippen LogP contribution in [-0.4, -0.2) is 29.7 Å². The Balaban J connectivity index is 1.36. The highest BCUT2D eigenvalue weighted by molar-refractivity contribution is 5.67. The van der Waals surface area contributed by atoms with Gasteiger partial charge in [0.15, 0.2) is 6.29 Å². The van der Waals surface area contributed by atoms with Gasteiger partial charge in [0.1, 0.15) is 0 Å². The van der Waals surface area contributed by atoms with Crippen LogP contribution in [0.15, 0.2) is 103 Å². The fourth-order valence-corrected chi connectivity index (χ4v) is 5.14. The van der Waals surface area contributed by atoms with Gasteiger partial charge in [-0.3, -0.25) is 4.90 Å². The van der Waals surface area contributed by atoms with E-state index in [0.717, 1.165) is 52.9 Å². The Kier molecular flexibility index (Phi) is 8.64. The standard InChI is InChI=1S/C33H36N2O3/c1-35(21-24-7-3-2-4-8-24)22-30-19-32(27-13-11-25(23-36)12-14-27)38-33(37-30)28-17-15-26(16-18-28)31-10-6-5-9-29(31)20-34/h2-18,30,32-33,36H,19-23,34H2,1H3/t30-,32+,33+/m1/s1. The van der Waals surface area contributed by atoms with E-state index in [1.165, 1.54) is 5.56 Å². The topological polar surface area (TPSA) is 68.0 Å². The summed E-state index contributed by atoms with van der Waals surface area (Å²) in [5.41, 5.74) is 13.6. The maximum atomic E-state index is 9.47. The average molecular weight is 509 g/mol. The third kappa shape index (κ3) is 6.38. The van der Waals surface area contributed by atoms with Crippen molar-refractivity contribution in [2.75, 3.05) is 13.6 Å². The van der Waals surface area contributed by atoms with Gasteiger partial charge in [-0.05, 0) is 40.4 Å². The number of rotatable bonds is 9. The summed E-state index contributed by atoms with van der Waals surface area (Å²) < 4.78 is 13.1. The summed E-state index contributed by atoms with van der Waals surface area (Å²) in [6, 6.07) is 35.2. The van der Waals surface area contributed by atoms with Crippen LogP contribution in [-0.2, 0) is 29.2 Å². The number of aliphatic hydroxyl groups is 1. The van der Waals surface area contributed by atoms with E-state index in [4.69, 9.17) is 15.2 Å². The van der Waals surface area contributed by atoms with Crippen LogP contribution in [0.5, 0.6) is 0 Å². The van der Waals surface area contributed by atoms with Crippen molar-refractivity contribution in [1.29, 1.82) is 0 Å². The second-order valence-corrected chi connectivity index (χ2v) is 10.0. The molecule has 1 fully saturated rings. The Morgan fingerprint density at radius 3 is 2.18 bits per heavy atom. The zero-order chi connectivity index (χ0) is 26.3. The van der Waals surface area contributed by atoms with E-state index in [-0.39, 0.29) is 18.8 Å². The molecule has 1 aliphatic heterocycles. The molecule has 0 aliphatic carbocycles. The fraction of sp³-hybridized carbons (Fsp3) is 0.273. The van der Waals surface area contributed by atoms with Crippen molar-refractivity contribution in [2.24, 2.45) is 5.73 Å². The summed E-state index contributed by atoms with van der Waals surface area (Å²) in [7, 11) is 2.13. The Hall–Kier alpha value is -3.32. The van der Waals surface area contributed by atoms with Crippen LogP contribution in [0, 0.1) is 0 Å². The Morgan fingerprint density at radius 2 is 1.47 bits per heavy atom. The molecule has 4 aromatic carbocycles. The van der Waals surface area contributed by atoms with E-state index in [9.17, 15) is 5.11 Å². The molecule has 1 heterocycles. The predicted molar refractivity (Wildman–Crippen MR) is 151 cm³/mol. The van der Waals surface area contributed by atoms with E-state index in [1.807, 2.05) is 30.3 Å². The molecule has 3 N–H and O–H groups in total. The van der Waals surface area contributed by atoms with Crippen LogP contribution in [0.3, 0.4) is 0 Å². The molecule has 5 rings (SSSR count). The van der Waals surface area contributed by atoms with Gasteiger partial charge in [0, 0.05) is 31.6 Å². The van der Waals surface area contributed by atoms with Gasteiger partial charge in [-0.25, -0.2) is 0 Å². The normalized spacial score (nSPS) is 19.5. The van der Waals surface area contributed by atoms with Gasteiger partial charge in [-0.15, -0.1) is 0 Å². The van der Waals surface area contributed by atoms with Crippen LogP contribution in [0.4, 0.5) is 0 Å². The lowest BCUT2D eigenvalue weighted by atomic mass is 9.97. The van der Waals surface area contributed by atoms with Crippen molar-refractivity contribution in [3.05, 3.63) is 131 Å². The van der Waals surface area contributed by atoms with Gasteiger partial charge in [0.25, 0.3) is 0 Å². The SMILES string of the molecule is CN(Cc1ccccc1)C[C@H]1C[C@@H](c2ccc(CO)cc2)O[C@@H](c2ccc(-c3ccccc3CN)cc2)O1. The minimum absolute atomic E-state index is 0.00243. The van der Waals surface area contributed by atoms with Crippen molar-refractivity contribution in [2.45, 2.75) is 44.6 Å². The number of aliphatic hydroxyl groups excluding tert-OH is 1. The fourth-order valence-electron chi connectivity index (χ4n) is 5.14. The molecule has 0 saturated carbocycles. The largest absolute Gasteiger partial charge is 0.392 e. The third-order valence-corrected chi connectivity index (χ3v) is 7.16. The molecule has 0 bridgehead atoms. The molecular formula is C33H36N2O3. The molecule has 5 heteroatoms. The third-order valence-electron chi connectivity index (χ3n) is 7.16. The summed E-state index contributed by atoms with van der Waals surface area (Å²) in [5, 5.41) is 9.47. The van der Waals surface area contributed by atoms with Gasteiger partial charge in [-0.1, -0.05) is 103 Å². The van der Waals surface area contributed by atoms with Gasteiger partial charge < -0.3 is 20.3 Å². The zero-order valence-electron chi connectivity index (χ0n) is 21.9. The zero-order valence-corrected chi connectivity index (χ0v) is 21.9. The van der Waals surface area contributed by atoms with Crippen LogP contribution in [0.25, 0.3) is 11.1 Å². The summed E-state index contributed by atoms with van der Waals surface area (Å²) in [5.74, 6) is 0. The molecule has 1 saturated heterocycles. The second kappa shape index (κ2) is 12.5. The molecule has 196 valence electrons. The predicted octanol–water partition coefficient (Wildman–Crippen LogP) is 5.98. The van der Waals surface area contributed by atoms with Crippen molar-refractivity contribution in [3.63, 3.8) is 0 Å². The first kappa shape index (κ1) is 26.3. The number of nitrogens with zero attached hydrogens (tertiary/aromatic N) is 1. The molecule has 3 atom stereocenters. The number of hydrogen-bond donors (Lipinski definition) is 2. The first-order valence-corrected chi connectivity index (χ1v) is 13.2. The van der Waals surface area contributed by atoms with Crippen LogP contribution >= 0.6 is 0 Å². The molecule has 0 unspecified atom stereocenters. The molecule has 0 spiro atoms. The van der Waals surface area contributed by atoms with Gasteiger partial charge in [0.05, 0.1) is 18.8 Å². The van der Waals surface area contributed by atoms with E-state index in [0.29, 0.717) is 6.54 Å². The minimum Gasteiger partial charge on any atom is -0.392 e. The lowest BCUT2D eigenvalue weighted by molar-refractivity contribution is -0.252. The quantitative estimate of drug-likeness (QED) is 0.291. The highest BCUT2D eigenvalue weighted by Crippen LogP contribution is 2.38. The summed E-state index contributed by atoms with van der Waals surface area (Å²) >= 11 is 0. The molecule has 1 aliphatic rings. The summed E-state index contributed by atoms with van der Waals surface area (Å²) in [6.45, 7) is 2.19. The van der Waals surface area contributed by atoms with Crippen LogP contribution in [0.2, 0.25) is 0 Å². The minimum atomic E-state index is -0.472. The Morgan fingerprint density at radius 1 is 0.789 bits per heavy atom. The maximum absolute atomic E-state index is 9.47. The molecule has 38 heavy (non-hydrogen) atoms. The first-order valence-electron chi connectivity index (χ1n) is 13.2. The second-order valence-electron chi connectivity index (χ2n) is 10.0. The smallest absolute Gasteiger partial charge is 0.184 e. The number of ether oxygens (including phenoxy) is 2. The van der Waals surface area contributed by atoms with Crippen molar-refractivity contribution in [3.8, 4) is 11.1 Å². The van der Waals surface area contributed by atoms with Crippen molar-refractivity contribution < 1.29 is 14.6 Å². The molecule has 0 amide bonds. The number of benzene rings is 4. The van der Waals surface area contributed by atoms with E-state index < -0.39 is 6.29 Å². The van der Waals surface area contributed by atoms with Crippen LogP contribution in [0.1, 0.15) is 46.6 Å². The number of hydrogen-bond acceptors (Lipinski definition) is 5. The number of likely N-dealkylation sites (N-methyl/N-ethyl adjacent to an activating group) is 1. The summed E-state index contributed by atoms with van der Waals surface area (Å²) in [4.78, 5) is 2.31. The van der Waals surface area contributed by atoms with E-state index >= 15 is 0 Å². The highest BCUT2D eigenvalue weighted by atomic mass is 16.7. The van der Waals surface area contributed by atoms with Crippen LogP contribution < -0.4 is 5.73 Å². The van der Waals surface area contributed by atoms with E-state index in [2.05, 4.69) is 84.7 Å². The number of nitrogens with two attached hydrogens (primary N) is 1. The average Bonchev–Trinajstić information content (AvgIpc) is 2.97. The Labute approximate surface area is 225 Å². The van der Waals surface area contributed by atoms with E-state index in [1.54, 1.807) is 0 Å². The molecule has 5 nitrogen and oxygen atoms in total. The monoisotopic (exact) mass is 508 g/mol. The molecule has 4 aromatic rings. The lowest BCUT2D eigenvalue weighted by Gasteiger charge is -2.38. The van der Waals surface area contributed by atoms with Gasteiger partial charge in [0.2, 0.25) is 0 Å². The molecule has 0 radical (unpaired) electrons. The van der Waals surface area contributed by atoms with Gasteiger partial charge >= 0.3 is 0 Å². The van der Waals surface area contributed by atoms with Gasteiger partial charge in [-0.2, -0.15) is 0 Å². The van der Waals surface area contributed by atoms with Crippen molar-refractivity contribution >= 4 is 0 Å². The summed E-state index contributed by atoms with van der Waals surface area (Å²) in [6.07, 6.45) is 0.188. The molecular weight excluding hydrogens is 472 g/mol.